The van der Waals surface area contributed by atoms with Gasteiger partial charge in [0.15, 0.2) is 11.7 Å². The number of nitrogens with one attached hydrogen (secondary N) is 2. The predicted octanol–water partition coefficient (Wildman–Crippen LogP) is 4.67. The Morgan fingerprint density at radius 2 is 2.18 bits per heavy atom. The second-order valence-electron chi connectivity index (χ2n) is 8.74. The molecule has 8 nitrogen and oxygen atoms in total. The van der Waals surface area contributed by atoms with Gasteiger partial charge >= 0.3 is 6.18 Å². The average molecular weight is 494 g/mol. The minimum Gasteiger partial charge on any atom is -0.467 e. The summed E-state index contributed by atoms with van der Waals surface area (Å²) < 4.78 is 47.5. The highest BCUT2D eigenvalue weighted by molar-refractivity contribution is 7.17. The van der Waals surface area contributed by atoms with Crippen LogP contribution in [-0.2, 0) is 12.8 Å². The summed E-state index contributed by atoms with van der Waals surface area (Å²) in [5.74, 6) is -0.505. The zero-order valence-electron chi connectivity index (χ0n) is 18.1. The summed E-state index contributed by atoms with van der Waals surface area (Å²) in [5, 5.41) is 9.89. The monoisotopic (exact) mass is 493 g/mol. The van der Waals surface area contributed by atoms with Crippen LogP contribution < -0.4 is 16.4 Å². The number of primary amides is 1. The molecule has 0 aromatic carbocycles. The van der Waals surface area contributed by atoms with Gasteiger partial charge in [0.1, 0.15) is 16.6 Å². The highest BCUT2D eigenvalue weighted by Gasteiger charge is 2.47. The Bertz CT molecular complexity index is 1250. The molecular formula is C22H22F3N5O3S. The number of carbonyl (C=O) groups is 2. The standard InChI is InChI=1S/C22H22F3N5O3S/c1-10-4-5-11-15(7-10)34-21(18(11)19(26)31)28-20(32)13-9-17-27-12(14-3-2-6-33-14)8-16(22(23,24)25)30(17)29-13/h2-3,6,9-10,12,16,27H,4-5,7-8H2,1H3,(H2,26,31)(H,28,32)/t10-,12+,16-/m0/s1. The molecule has 3 aromatic heterocycles. The van der Waals surface area contributed by atoms with Crippen molar-refractivity contribution in [1.82, 2.24) is 9.78 Å². The number of hydrogen-bond donors (Lipinski definition) is 3. The summed E-state index contributed by atoms with van der Waals surface area (Å²) in [6, 6.07) is 1.80. The number of alkyl halides is 3. The van der Waals surface area contributed by atoms with Crippen molar-refractivity contribution in [1.29, 1.82) is 0 Å². The second kappa shape index (κ2) is 8.19. The van der Waals surface area contributed by atoms with Crippen LogP contribution in [0.25, 0.3) is 0 Å². The van der Waals surface area contributed by atoms with E-state index in [9.17, 15) is 22.8 Å². The smallest absolute Gasteiger partial charge is 0.410 e. The molecule has 0 unspecified atom stereocenters. The first kappa shape index (κ1) is 22.5. The van der Waals surface area contributed by atoms with Crippen LogP contribution in [0.3, 0.4) is 0 Å². The molecule has 3 aromatic rings. The van der Waals surface area contributed by atoms with E-state index in [1.54, 1.807) is 12.1 Å². The van der Waals surface area contributed by atoms with E-state index in [2.05, 4.69) is 22.7 Å². The summed E-state index contributed by atoms with van der Waals surface area (Å²) in [6.45, 7) is 2.11. The summed E-state index contributed by atoms with van der Waals surface area (Å²) in [6.07, 6.45) is -1.15. The molecule has 0 radical (unpaired) electrons. The van der Waals surface area contributed by atoms with E-state index >= 15 is 0 Å². The third-order valence-electron chi connectivity index (χ3n) is 6.29. The van der Waals surface area contributed by atoms with Gasteiger partial charge in [-0.2, -0.15) is 18.3 Å². The number of thiophene rings is 1. The molecule has 2 aliphatic rings. The van der Waals surface area contributed by atoms with Crippen LogP contribution in [0.15, 0.2) is 28.9 Å². The van der Waals surface area contributed by atoms with Crippen LogP contribution >= 0.6 is 11.3 Å². The van der Waals surface area contributed by atoms with Crippen molar-refractivity contribution in [2.75, 3.05) is 10.6 Å². The summed E-state index contributed by atoms with van der Waals surface area (Å²) >= 11 is 1.28. The quantitative estimate of drug-likeness (QED) is 0.488. The van der Waals surface area contributed by atoms with Crippen molar-refractivity contribution in [2.45, 2.75) is 50.9 Å². The van der Waals surface area contributed by atoms with Gasteiger partial charge in [0, 0.05) is 17.4 Å². The normalized spacial score (nSPS) is 21.9. The van der Waals surface area contributed by atoms with Crippen molar-refractivity contribution in [3.63, 3.8) is 0 Å². The first-order valence-corrected chi connectivity index (χ1v) is 11.7. The van der Waals surface area contributed by atoms with Gasteiger partial charge in [-0.1, -0.05) is 6.92 Å². The van der Waals surface area contributed by atoms with Gasteiger partial charge in [-0.25, -0.2) is 4.68 Å². The molecule has 0 fully saturated rings. The molecule has 0 spiro atoms. The van der Waals surface area contributed by atoms with Crippen molar-refractivity contribution >= 4 is 34.0 Å². The van der Waals surface area contributed by atoms with Gasteiger partial charge in [-0.15, -0.1) is 11.3 Å². The molecule has 12 heteroatoms. The molecule has 0 saturated heterocycles. The molecule has 3 atom stereocenters. The Labute approximate surface area is 196 Å². The van der Waals surface area contributed by atoms with E-state index in [4.69, 9.17) is 10.2 Å². The fourth-order valence-corrected chi connectivity index (χ4v) is 6.04. The number of nitrogens with two attached hydrogens (primary N) is 1. The second-order valence-corrected chi connectivity index (χ2v) is 9.84. The molecule has 4 N–H and O–H groups in total. The number of halogens is 3. The lowest BCUT2D eigenvalue weighted by Gasteiger charge is -2.32. The number of amides is 2. The minimum atomic E-state index is -4.58. The van der Waals surface area contributed by atoms with Crippen molar-refractivity contribution < 1.29 is 27.2 Å². The average Bonchev–Trinajstić information content (AvgIpc) is 3.49. The fraction of sp³-hybridized carbons (Fsp3) is 0.409. The molecule has 0 bridgehead atoms. The third-order valence-corrected chi connectivity index (χ3v) is 7.46. The number of anilines is 2. The highest BCUT2D eigenvalue weighted by atomic mass is 32.1. The number of aromatic nitrogens is 2. The van der Waals surface area contributed by atoms with Crippen LogP contribution in [0.2, 0.25) is 0 Å². The maximum Gasteiger partial charge on any atom is 0.410 e. The molecule has 1 aliphatic heterocycles. The molecule has 34 heavy (non-hydrogen) atoms. The largest absolute Gasteiger partial charge is 0.467 e. The van der Waals surface area contributed by atoms with Crippen molar-refractivity contribution in [2.24, 2.45) is 11.7 Å². The van der Waals surface area contributed by atoms with E-state index in [0.717, 1.165) is 28.0 Å². The van der Waals surface area contributed by atoms with Crippen LogP contribution in [0.5, 0.6) is 0 Å². The van der Waals surface area contributed by atoms with E-state index in [1.807, 2.05) is 0 Å². The Morgan fingerprint density at radius 3 is 2.85 bits per heavy atom. The van der Waals surface area contributed by atoms with E-state index in [-0.39, 0.29) is 23.5 Å². The summed E-state index contributed by atoms with van der Waals surface area (Å²) in [7, 11) is 0. The SMILES string of the molecule is C[C@H]1CCc2c(sc(NC(=O)c3cc4n(n3)[C@H](C(F)(F)F)C[C@H](c3ccco3)N4)c2C(N)=O)C1. The maximum absolute atomic E-state index is 13.8. The number of rotatable bonds is 4. The highest BCUT2D eigenvalue weighted by Crippen LogP contribution is 2.44. The van der Waals surface area contributed by atoms with Crippen LogP contribution in [0, 0.1) is 5.92 Å². The summed E-state index contributed by atoms with van der Waals surface area (Å²) in [5.41, 5.74) is 6.50. The number of carbonyl (C=O) groups excluding carboxylic acids is 2. The molecule has 5 rings (SSSR count). The first-order chi connectivity index (χ1) is 16.1. The lowest BCUT2D eigenvalue weighted by molar-refractivity contribution is -0.174. The van der Waals surface area contributed by atoms with Gasteiger partial charge in [0.05, 0.1) is 17.9 Å². The molecule has 4 heterocycles. The van der Waals surface area contributed by atoms with Gasteiger partial charge in [0.2, 0.25) is 0 Å². The van der Waals surface area contributed by atoms with Gasteiger partial charge in [0.25, 0.3) is 11.8 Å². The van der Waals surface area contributed by atoms with Gasteiger partial charge < -0.3 is 20.8 Å². The lowest BCUT2D eigenvalue weighted by Crippen LogP contribution is -2.35. The Kier molecular flexibility index (Phi) is 5.42. The zero-order chi connectivity index (χ0) is 24.2. The first-order valence-electron chi connectivity index (χ1n) is 10.8. The van der Waals surface area contributed by atoms with Gasteiger partial charge in [-0.3, -0.25) is 9.59 Å². The van der Waals surface area contributed by atoms with E-state index in [1.165, 1.54) is 23.7 Å². The molecule has 0 saturated carbocycles. The maximum atomic E-state index is 13.8. The van der Waals surface area contributed by atoms with Crippen molar-refractivity contribution in [3.8, 4) is 0 Å². The molecule has 180 valence electrons. The Morgan fingerprint density at radius 1 is 1.38 bits per heavy atom. The molecule has 1 aliphatic carbocycles. The molecule has 2 amide bonds. The van der Waals surface area contributed by atoms with Crippen LogP contribution in [0.1, 0.15) is 68.9 Å². The van der Waals surface area contributed by atoms with Crippen molar-refractivity contribution in [3.05, 3.63) is 51.9 Å². The summed E-state index contributed by atoms with van der Waals surface area (Å²) in [4.78, 5) is 26.1. The zero-order valence-corrected chi connectivity index (χ0v) is 18.9. The lowest BCUT2D eigenvalue weighted by atomic mass is 9.88. The Balaban J connectivity index is 1.45. The minimum absolute atomic E-state index is 0.0505. The Hall–Kier alpha value is -3.28. The van der Waals surface area contributed by atoms with Gasteiger partial charge in [-0.05, 0) is 42.9 Å². The third kappa shape index (κ3) is 3.95. The number of furan rings is 1. The fourth-order valence-electron chi connectivity index (χ4n) is 4.63. The number of nitrogens with zero attached hydrogens (tertiary/aromatic N) is 2. The molecular weight excluding hydrogens is 471 g/mol. The van der Waals surface area contributed by atoms with E-state index in [0.29, 0.717) is 23.1 Å². The number of fused-ring (bicyclic) bond motifs is 2. The van der Waals surface area contributed by atoms with E-state index < -0.39 is 30.1 Å². The number of hydrogen-bond acceptors (Lipinski definition) is 6. The topological polar surface area (TPSA) is 115 Å². The van der Waals surface area contributed by atoms with Crippen LogP contribution in [0.4, 0.5) is 24.0 Å². The predicted molar refractivity (Wildman–Crippen MR) is 119 cm³/mol. The van der Waals surface area contributed by atoms with Crippen LogP contribution in [-0.4, -0.2) is 27.8 Å².